The summed E-state index contributed by atoms with van der Waals surface area (Å²) in [5.74, 6) is -1.01. The Hall–Kier alpha value is -3.00. The van der Waals surface area contributed by atoms with E-state index in [0.717, 1.165) is 12.6 Å². The van der Waals surface area contributed by atoms with Crippen molar-refractivity contribution in [2.75, 3.05) is 30.3 Å². The number of anilines is 2. The van der Waals surface area contributed by atoms with Crippen LogP contribution in [-0.2, 0) is 4.74 Å². The molecule has 1 unspecified atom stereocenters. The van der Waals surface area contributed by atoms with Gasteiger partial charge in [0.05, 0.1) is 35.7 Å². The largest absolute Gasteiger partial charge is 0.433 e. The van der Waals surface area contributed by atoms with Crippen LogP contribution in [0.1, 0.15) is 17.2 Å². The van der Waals surface area contributed by atoms with Crippen LogP contribution in [0.15, 0.2) is 36.4 Å². The third kappa shape index (κ3) is 6.00. The number of carbonyl (C=O) groups excluding carboxylic acids is 1. The molecule has 1 heterocycles. The van der Waals surface area contributed by atoms with Crippen LogP contribution in [0.5, 0.6) is 5.75 Å². The average Bonchev–Trinajstić information content (AvgIpc) is 2.71. The summed E-state index contributed by atoms with van der Waals surface area (Å²) < 4.78 is 49.3. The summed E-state index contributed by atoms with van der Waals surface area (Å²) in [4.78, 5) is 12.2. The number of urea groups is 1. The van der Waals surface area contributed by atoms with Gasteiger partial charge in [-0.25, -0.2) is 9.18 Å². The van der Waals surface area contributed by atoms with Gasteiger partial charge in [-0.3, -0.25) is 0 Å². The molecule has 1 saturated heterocycles. The highest BCUT2D eigenvalue weighted by Gasteiger charge is 2.18. The normalized spacial score (nSPS) is 15.6. The van der Waals surface area contributed by atoms with Gasteiger partial charge < -0.3 is 25.4 Å². The second-order valence-corrected chi connectivity index (χ2v) is 6.08. The molecule has 1 aliphatic heterocycles. The molecule has 0 saturated carbocycles. The Morgan fingerprint density at radius 3 is 2.63 bits per heavy atom. The van der Waals surface area contributed by atoms with Crippen molar-refractivity contribution in [1.82, 2.24) is 5.32 Å². The molecule has 1 atom stereocenters. The average molecular weight is 443 g/mol. The van der Waals surface area contributed by atoms with Crippen molar-refractivity contribution in [2.45, 2.75) is 12.7 Å². The Balaban J connectivity index is 0.00000320. The molecule has 3 rings (SSSR count). The fourth-order valence-electron chi connectivity index (χ4n) is 2.78. The molecule has 3 N–H and O–H groups in total. The predicted molar refractivity (Wildman–Crippen MR) is 106 cm³/mol. The number of nitriles is 1. The zero-order valence-corrected chi connectivity index (χ0v) is 16.3. The van der Waals surface area contributed by atoms with Gasteiger partial charge in [-0.2, -0.15) is 14.0 Å². The lowest BCUT2D eigenvalue weighted by atomic mass is 10.1. The van der Waals surface area contributed by atoms with Crippen molar-refractivity contribution in [3.63, 3.8) is 0 Å². The molecule has 160 valence electrons. The zero-order valence-electron chi connectivity index (χ0n) is 15.5. The molecule has 0 bridgehead atoms. The summed E-state index contributed by atoms with van der Waals surface area (Å²) in [7, 11) is 0. The molecule has 1 fully saturated rings. The van der Waals surface area contributed by atoms with Crippen molar-refractivity contribution in [2.24, 2.45) is 0 Å². The smallest absolute Gasteiger partial charge is 0.387 e. The maximum atomic E-state index is 14.4. The predicted octanol–water partition coefficient (Wildman–Crippen LogP) is 4.03. The molecule has 11 heteroatoms. The van der Waals surface area contributed by atoms with Crippen molar-refractivity contribution in [3.8, 4) is 11.8 Å². The lowest BCUT2D eigenvalue weighted by molar-refractivity contribution is -0.0493. The van der Waals surface area contributed by atoms with E-state index in [0.29, 0.717) is 18.7 Å². The minimum atomic E-state index is -3.12. The van der Waals surface area contributed by atoms with Crippen LogP contribution in [0.2, 0.25) is 0 Å². The highest BCUT2D eigenvalue weighted by molar-refractivity contribution is 6.00. The monoisotopic (exact) mass is 442 g/mol. The van der Waals surface area contributed by atoms with E-state index in [4.69, 9.17) is 10.00 Å². The van der Waals surface area contributed by atoms with Crippen LogP contribution in [0.3, 0.4) is 0 Å². The number of nitrogens with zero attached hydrogens (tertiary/aromatic N) is 1. The highest BCUT2D eigenvalue weighted by atomic mass is 35.5. The first kappa shape index (κ1) is 23.3. The van der Waals surface area contributed by atoms with Crippen molar-refractivity contribution in [3.05, 3.63) is 53.3 Å². The number of benzene rings is 2. The van der Waals surface area contributed by atoms with Crippen LogP contribution < -0.4 is 20.7 Å². The van der Waals surface area contributed by atoms with Gasteiger partial charge >= 0.3 is 12.6 Å². The van der Waals surface area contributed by atoms with Gasteiger partial charge in [0.25, 0.3) is 0 Å². The van der Waals surface area contributed by atoms with Gasteiger partial charge in [-0.05, 0) is 35.9 Å². The number of amides is 2. The number of hydrogen-bond acceptors (Lipinski definition) is 5. The van der Waals surface area contributed by atoms with Gasteiger partial charge in [0.2, 0.25) is 0 Å². The van der Waals surface area contributed by atoms with Crippen LogP contribution in [0.4, 0.5) is 29.3 Å². The fraction of sp³-hybridized carbons (Fsp3) is 0.263. The number of carbonyl (C=O) groups is 1. The Morgan fingerprint density at radius 1 is 1.23 bits per heavy atom. The van der Waals surface area contributed by atoms with E-state index in [2.05, 4.69) is 20.7 Å². The number of alkyl halides is 2. The molecule has 2 aromatic carbocycles. The second-order valence-electron chi connectivity index (χ2n) is 6.08. The number of hydrogen-bond donors (Lipinski definition) is 3. The molecule has 2 amide bonds. The molecule has 30 heavy (non-hydrogen) atoms. The lowest BCUT2D eigenvalue weighted by Gasteiger charge is -2.24. The summed E-state index contributed by atoms with van der Waals surface area (Å²) in [5.41, 5.74) is 0.483. The molecule has 0 radical (unpaired) electrons. The van der Waals surface area contributed by atoms with Crippen molar-refractivity contribution < 1.29 is 27.4 Å². The summed E-state index contributed by atoms with van der Waals surface area (Å²) in [6.07, 6.45) is -0.288. The topological polar surface area (TPSA) is 95.4 Å². The quantitative estimate of drug-likeness (QED) is 0.650. The molecular weight excluding hydrogens is 425 g/mol. The Kier molecular flexibility index (Phi) is 8.29. The number of halogens is 4. The van der Waals surface area contributed by atoms with Gasteiger partial charge in [0, 0.05) is 13.1 Å². The van der Waals surface area contributed by atoms with Gasteiger partial charge in [-0.15, -0.1) is 12.4 Å². The van der Waals surface area contributed by atoms with E-state index >= 15 is 0 Å². The Bertz CT molecular complexity index is 934. The Labute approximate surface area is 176 Å². The molecule has 0 spiro atoms. The first-order chi connectivity index (χ1) is 14.0. The first-order valence-corrected chi connectivity index (χ1v) is 8.65. The summed E-state index contributed by atoms with van der Waals surface area (Å²) >= 11 is 0. The van der Waals surface area contributed by atoms with E-state index in [9.17, 15) is 18.0 Å². The van der Waals surface area contributed by atoms with Crippen LogP contribution in [0, 0.1) is 17.1 Å². The van der Waals surface area contributed by atoms with E-state index in [-0.39, 0.29) is 41.2 Å². The van der Waals surface area contributed by atoms with Crippen LogP contribution in [-0.4, -0.2) is 32.3 Å². The number of nitrogens with one attached hydrogen (secondary N) is 3. The van der Waals surface area contributed by atoms with E-state index < -0.39 is 18.5 Å². The molecule has 7 nitrogen and oxygen atoms in total. The summed E-state index contributed by atoms with van der Waals surface area (Å²) in [6.45, 7) is -1.33. The van der Waals surface area contributed by atoms with Gasteiger partial charge in [-0.1, -0.05) is 6.07 Å². The van der Waals surface area contributed by atoms with Crippen LogP contribution in [0.25, 0.3) is 0 Å². The van der Waals surface area contributed by atoms with E-state index in [1.54, 1.807) is 6.07 Å². The second kappa shape index (κ2) is 10.7. The maximum Gasteiger partial charge on any atom is 0.387 e. The Morgan fingerprint density at radius 2 is 2.00 bits per heavy atom. The highest BCUT2D eigenvalue weighted by Crippen LogP contribution is 2.28. The molecular formula is C19H18ClF3N4O3. The van der Waals surface area contributed by atoms with Gasteiger partial charge in [0.1, 0.15) is 11.6 Å². The van der Waals surface area contributed by atoms with Crippen molar-refractivity contribution in [1.29, 1.82) is 5.26 Å². The summed E-state index contributed by atoms with van der Waals surface area (Å²) in [5, 5.41) is 16.7. The molecule has 0 aliphatic carbocycles. The van der Waals surface area contributed by atoms with Crippen molar-refractivity contribution >= 4 is 29.8 Å². The van der Waals surface area contributed by atoms with E-state index in [1.807, 2.05) is 6.07 Å². The summed E-state index contributed by atoms with van der Waals surface area (Å²) in [6, 6.07) is 8.77. The third-order valence-corrected chi connectivity index (χ3v) is 4.11. The SMILES string of the molecule is Cl.N#Cc1ccc(OC(F)F)c(NC(=O)Nc2ccc(C3CNCCO3)cc2F)c1. The number of ether oxygens (including phenoxy) is 2. The maximum absolute atomic E-state index is 14.4. The molecule has 2 aromatic rings. The third-order valence-electron chi connectivity index (χ3n) is 4.11. The fourth-order valence-corrected chi connectivity index (χ4v) is 2.78. The number of rotatable bonds is 5. The zero-order chi connectivity index (χ0) is 20.8. The van der Waals surface area contributed by atoms with Gasteiger partial charge in [0.15, 0.2) is 0 Å². The van der Waals surface area contributed by atoms with E-state index in [1.165, 1.54) is 24.3 Å². The van der Waals surface area contributed by atoms with Crippen LogP contribution >= 0.6 is 12.4 Å². The number of morpholine rings is 1. The minimum Gasteiger partial charge on any atom is -0.433 e. The molecule has 0 aromatic heterocycles. The minimum absolute atomic E-state index is 0. The first-order valence-electron chi connectivity index (χ1n) is 8.65. The molecule has 1 aliphatic rings. The standard InChI is InChI=1S/C19H17F3N4O3.ClH/c20-13-8-12(17-10-24-5-6-28-17)2-3-14(13)25-19(27)26-15-7-11(9-23)1-4-16(15)29-18(21)22;/h1-4,7-8,17-18,24H,5-6,10H2,(H2,25,26,27);1H. The lowest BCUT2D eigenvalue weighted by Crippen LogP contribution is -2.33.